The van der Waals surface area contributed by atoms with Crippen LogP contribution in [0, 0.1) is 0 Å². The fraction of sp³-hybridized carbons (Fsp3) is 0.107. The molecule has 0 aliphatic carbocycles. The summed E-state index contributed by atoms with van der Waals surface area (Å²) < 4.78 is 11.8. The van der Waals surface area contributed by atoms with E-state index in [1.807, 2.05) is 111 Å². The number of anilines is 6. The van der Waals surface area contributed by atoms with Crippen LogP contribution in [-0.4, -0.2) is 48.9 Å². The standard InChI is InChI=1S/C56H46N4O4/c1-5-57-53(45-33-31-41(63-3)35-49(45)59(39-23-9-7-10-24-39)47-29-17-21-37-19-13-15-27-43(37)47)51-52(55(57)61)54(58(6-2)56(51)62)46-34-32-42(64-4)36-50(46)60(40-25-11-8-12-26-40)48-30-18-22-38-20-14-16-28-44(38)48/h7-36H,5-6H2,1-4H3. The number of benzene rings is 8. The van der Waals surface area contributed by atoms with Crippen LogP contribution in [0.1, 0.15) is 25.0 Å². The summed E-state index contributed by atoms with van der Waals surface area (Å²) in [6, 6.07) is 61.3. The third-order valence-electron chi connectivity index (χ3n) is 12.3. The second-order valence-electron chi connectivity index (χ2n) is 15.7. The van der Waals surface area contributed by atoms with Crippen LogP contribution in [0.15, 0.2) is 193 Å². The third-order valence-corrected chi connectivity index (χ3v) is 12.3. The molecule has 8 nitrogen and oxygen atoms in total. The van der Waals surface area contributed by atoms with Crippen molar-refractivity contribution in [2.75, 3.05) is 37.1 Å². The predicted octanol–water partition coefficient (Wildman–Crippen LogP) is 12.8. The highest BCUT2D eigenvalue weighted by Crippen LogP contribution is 2.53. The van der Waals surface area contributed by atoms with Crippen molar-refractivity contribution < 1.29 is 19.1 Å². The van der Waals surface area contributed by atoms with Crippen molar-refractivity contribution in [1.82, 2.24) is 9.80 Å². The Balaban J connectivity index is 1.26. The molecule has 8 heteroatoms. The van der Waals surface area contributed by atoms with E-state index in [-0.39, 0.29) is 11.8 Å². The van der Waals surface area contributed by atoms with Crippen molar-refractivity contribution in [1.29, 1.82) is 0 Å². The highest BCUT2D eigenvalue weighted by molar-refractivity contribution is 6.31. The number of fused-ring (bicyclic) bond motifs is 3. The summed E-state index contributed by atoms with van der Waals surface area (Å²) in [4.78, 5) is 38.7. The van der Waals surface area contributed by atoms with E-state index in [1.54, 1.807) is 24.0 Å². The maximum Gasteiger partial charge on any atom is 0.261 e. The zero-order valence-corrected chi connectivity index (χ0v) is 36.2. The van der Waals surface area contributed by atoms with Crippen LogP contribution in [0.3, 0.4) is 0 Å². The zero-order chi connectivity index (χ0) is 43.9. The lowest BCUT2D eigenvalue weighted by atomic mass is 9.98. The average Bonchev–Trinajstić information content (AvgIpc) is 3.81. The van der Waals surface area contributed by atoms with E-state index < -0.39 is 0 Å². The van der Waals surface area contributed by atoms with Gasteiger partial charge in [-0.3, -0.25) is 9.59 Å². The Morgan fingerprint density at radius 1 is 0.422 bits per heavy atom. The van der Waals surface area contributed by atoms with Crippen molar-refractivity contribution in [2.45, 2.75) is 13.8 Å². The average molecular weight is 839 g/mol. The molecule has 0 N–H and O–H groups in total. The molecule has 0 atom stereocenters. The number of carbonyl (C=O) groups excluding carboxylic acids is 2. The van der Waals surface area contributed by atoms with E-state index >= 15 is 9.59 Å². The van der Waals surface area contributed by atoms with Gasteiger partial charge in [0.25, 0.3) is 11.8 Å². The fourth-order valence-corrected chi connectivity index (χ4v) is 9.38. The largest absolute Gasteiger partial charge is 0.497 e. The molecule has 0 radical (unpaired) electrons. The number of para-hydroxylation sites is 2. The molecular weight excluding hydrogens is 793 g/mol. The molecule has 0 saturated heterocycles. The number of nitrogens with zero attached hydrogens (tertiary/aromatic N) is 4. The molecule has 64 heavy (non-hydrogen) atoms. The molecule has 0 aromatic heterocycles. The van der Waals surface area contributed by atoms with Crippen LogP contribution in [-0.2, 0) is 9.59 Å². The maximum atomic E-state index is 15.4. The molecule has 2 aliphatic rings. The third kappa shape index (κ3) is 6.54. The summed E-state index contributed by atoms with van der Waals surface area (Å²) in [5.41, 5.74) is 8.54. The van der Waals surface area contributed by atoms with Gasteiger partial charge in [0.1, 0.15) is 11.5 Å². The van der Waals surface area contributed by atoms with Crippen LogP contribution in [0.4, 0.5) is 34.1 Å². The van der Waals surface area contributed by atoms with Gasteiger partial charge >= 0.3 is 0 Å². The number of methoxy groups -OCH3 is 2. The van der Waals surface area contributed by atoms with Crippen molar-refractivity contribution >= 4 is 78.9 Å². The van der Waals surface area contributed by atoms with Gasteiger partial charge in [0.2, 0.25) is 0 Å². The van der Waals surface area contributed by atoms with Gasteiger partial charge in [0.05, 0.1) is 59.5 Å². The van der Waals surface area contributed by atoms with Crippen molar-refractivity contribution in [2.24, 2.45) is 0 Å². The lowest BCUT2D eigenvalue weighted by Gasteiger charge is -2.32. The first-order valence-corrected chi connectivity index (χ1v) is 21.6. The van der Waals surface area contributed by atoms with Crippen LogP contribution >= 0.6 is 0 Å². The molecule has 2 heterocycles. The zero-order valence-electron chi connectivity index (χ0n) is 36.2. The second kappa shape index (κ2) is 16.6. The Bertz CT molecular complexity index is 2950. The molecule has 8 aromatic carbocycles. The van der Waals surface area contributed by atoms with E-state index in [0.29, 0.717) is 47.1 Å². The van der Waals surface area contributed by atoms with Crippen molar-refractivity contribution in [3.8, 4) is 11.5 Å². The summed E-state index contributed by atoms with van der Waals surface area (Å²) >= 11 is 0. The first kappa shape index (κ1) is 40.0. The predicted molar refractivity (Wildman–Crippen MR) is 259 cm³/mol. The molecule has 8 aromatic rings. The smallest absolute Gasteiger partial charge is 0.261 e. The number of hydrogen-bond donors (Lipinski definition) is 0. The van der Waals surface area contributed by atoms with Gasteiger partial charge in [0, 0.05) is 58.5 Å². The summed E-state index contributed by atoms with van der Waals surface area (Å²) in [5, 5.41) is 4.27. The fourth-order valence-electron chi connectivity index (χ4n) is 9.38. The van der Waals surface area contributed by atoms with Crippen LogP contribution in [0.25, 0.3) is 32.9 Å². The molecule has 0 unspecified atom stereocenters. The number of ether oxygens (including phenoxy) is 2. The number of amides is 2. The van der Waals surface area contributed by atoms with Gasteiger partial charge in [-0.15, -0.1) is 0 Å². The second-order valence-corrected chi connectivity index (χ2v) is 15.7. The molecule has 314 valence electrons. The molecule has 2 aliphatic heterocycles. The van der Waals surface area contributed by atoms with Crippen molar-refractivity contribution in [3.05, 3.63) is 204 Å². The van der Waals surface area contributed by atoms with Gasteiger partial charge in [-0.05, 0) is 85.3 Å². The lowest BCUT2D eigenvalue weighted by Crippen LogP contribution is -2.30. The van der Waals surface area contributed by atoms with Gasteiger partial charge < -0.3 is 29.1 Å². The quantitative estimate of drug-likeness (QED) is 0.122. The minimum Gasteiger partial charge on any atom is -0.497 e. The van der Waals surface area contributed by atoms with Crippen LogP contribution in [0.5, 0.6) is 11.5 Å². The summed E-state index contributed by atoms with van der Waals surface area (Å²) in [6.45, 7) is 4.59. The number of rotatable bonds is 12. The molecule has 0 spiro atoms. The normalized spacial score (nSPS) is 13.6. The van der Waals surface area contributed by atoms with Gasteiger partial charge in [-0.25, -0.2) is 0 Å². The number of likely N-dealkylation sites (N-methyl/N-ethyl adjacent to an activating group) is 2. The molecule has 0 saturated carbocycles. The Hall–Kier alpha value is -8.10. The van der Waals surface area contributed by atoms with Crippen LogP contribution in [0.2, 0.25) is 0 Å². The first-order valence-electron chi connectivity index (χ1n) is 21.6. The molecule has 2 amide bonds. The minimum absolute atomic E-state index is 0.233. The highest BCUT2D eigenvalue weighted by Gasteiger charge is 2.49. The summed E-state index contributed by atoms with van der Waals surface area (Å²) in [5.74, 6) is 0.811. The highest BCUT2D eigenvalue weighted by atomic mass is 16.5. The number of carbonyl (C=O) groups is 2. The molecule has 10 rings (SSSR count). The van der Waals surface area contributed by atoms with Gasteiger partial charge in [-0.2, -0.15) is 0 Å². The monoisotopic (exact) mass is 838 g/mol. The molecule has 0 bridgehead atoms. The van der Waals surface area contributed by atoms with Gasteiger partial charge in [-0.1, -0.05) is 109 Å². The molecular formula is C56H46N4O4. The maximum absolute atomic E-state index is 15.4. The topological polar surface area (TPSA) is 65.6 Å². The van der Waals surface area contributed by atoms with Crippen LogP contribution < -0.4 is 19.3 Å². The number of hydrogen-bond acceptors (Lipinski definition) is 6. The Kier molecular flexibility index (Phi) is 10.4. The van der Waals surface area contributed by atoms with Crippen molar-refractivity contribution in [3.63, 3.8) is 0 Å². The van der Waals surface area contributed by atoms with E-state index in [1.165, 1.54) is 0 Å². The Morgan fingerprint density at radius 3 is 1.19 bits per heavy atom. The summed E-state index contributed by atoms with van der Waals surface area (Å²) in [7, 11) is 3.30. The van der Waals surface area contributed by atoms with E-state index in [9.17, 15) is 0 Å². The lowest BCUT2D eigenvalue weighted by molar-refractivity contribution is -0.124. The van der Waals surface area contributed by atoms with E-state index in [4.69, 9.17) is 9.47 Å². The minimum atomic E-state index is -0.233. The first-order chi connectivity index (χ1) is 31.4. The Labute approximate surface area is 373 Å². The van der Waals surface area contributed by atoms with E-state index in [0.717, 1.165) is 66.8 Å². The van der Waals surface area contributed by atoms with Gasteiger partial charge in [0.15, 0.2) is 0 Å². The Morgan fingerprint density at radius 2 is 0.797 bits per heavy atom. The van der Waals surface area contributed by atoms with E-state index in [2.05, 4.69) is 94.7 Å². The SMILES string of the molecule is CCN1C(=O)C2=C(c3ccc(OC)cc3N(c3ccccc3)c3cccc4ccccc34)N(CC)C(=O)C2=C1c1ccc(OC)cc1N(c1ccccc1)c1cccc2ccccc12. The molecule has 0 fully saturated rings. The summed E-state index contributed by atoms with van der Waals surface area (Å²) in [6.07, 6.45) is 0.